The Kier molecular flexibility index (Phi) is 5.74. The fraction of sp³-hybridized carbons (Fsp3) is 0.267. The van der Waals surface area contributed by atoms with Gasteiger partial charge in [-0.2, -0.15) is 0 Å². The highest BCUT2D eigenvalue weighted by atomic mass is 127. The second-order valence-corrected chi connectivity index (χ2v) is 6.50. The third-order valence-electron chi connectivity index (χ3n) is 3.07. The van der Waals surface area contributed by atoms with Crippen LogP contribution in [-0.2, 0) is 6.54 Å². The van der Waals surface area contributed by atoms with Crippen LogP contribution in [0.25, 0.3) is 0 Å². The number of benzene rings is 1. The number of hydrogen-bond acceptors (Lipinski definition) is 4. The number of halogens is 2. The molecular weight excluding hydrogens is 465 g/mol. The molecule has 0 spiro atoms. The minimum atomic E-state index is -0.113. The first-order valence-corrected chi connectivity index (χ1v) is 8.24. The highest BCUT2D eigenvalue weighted by molar-refractivity contribution is 14.1. The van der Waals surface area contributed by atoms with Crippen molar-refractivity contribution in [1.82, 2.24) is 4.90 Å². The zero-order valence-corrected chi connectivity index (χ0v) is 16.1. The van der Waals surface area contributed by atoms with Crippen LogP contribution in [0.3, 0.4) is 0 Å². The number of rotatable bonds is 5. The largest absolute Gasteiger partial charge is 0.493 e. The number of methoxy groups -OCH3 is 2. The van der Waals surface area contributed by atoms with Crippen LogP contribution in [0.1, 0.15) is 16.1 Å². The maximum Gasteiger partial charge on any atom is 0.255 e. The van der Waals surface area contributed by atoms with Crippen molar-refractivity contribution in [2.45, 2.75) is 6.54 Å². The van der Waals surface area contributed by atoms with Crippen LogP contribution in [0.5, 0.6) is 11.5 Å². The Bertz CT molecular complexity index is 686. The summed E-state index contributed by atoms with van der Waals surface area (Å²) in [5.74, 6) is 1.72. The molecule has 1 aromatic carbocycles. The van der Waals surface area contributed by atoms with Crippen molar-refractivity contribution >= 4 is 44.4 Å². The van der Waals surface area contributed by atoms with E-state index in [-0.39, 0.29) is 5.91 Å². The third-order valence-corrected chi connectivity index (χ3v) is 4.39. The molecule has 0 radical (unpaired) electrons. The van der Waals surface area contributed by atoms with Gasteiger partial charge in [-0.1, -0.05) is 0 Å². The first-order valence-electron chi connectivity index (χ1n) is 6.37. The summed E-state index contributed by atoms with van der Waals surface area (Å²) < 4.78 is 17.4. The summed E-state index contributed by atoms with van der Waals surface area (Å²) in [5, 5.41) is 0. The molecule has 2 aromatic rings. The van der Waals surface area contributed by atoms with Gasteiger partial charge in [0.2, 0.25) is 0 Å². The quantitative estimate of drug-likeness (QED) is 0.609. The fourth-order valence-corrected chi connectivity index (χ4v) is 2.98. The molecule has 0 N–H and O–H groups in total. The first kappa shape index (κ1) is 17.1. The number of amides is 1. The Morgan fingerprint density at radius 2 is 1.91 bits per heavy atom. The van der Waals surface area contributed by atoms with Crippen LogP contribution < -0.4 is 9.47 Å². The van der Waals surface area contributed by atoms with Gasteiger partial charge < -0.3 is 18.8 Å². The minimum Gasteiger partial charge on any atom is -0.493 e. The van der Waals surface area contributed by atoms with E-state index in [1.165, 1.54) is 0 Å². The van der Waals surface area contributed by atoms with Crippen molar-refractivity contribution < 1.29 is 18.7 Å². The molecule has 2 rings (SSSR count). The van der Waals surface area contributed by atoms with Crippen LogP contribution in [0, 0.1) is 3.57 Å². The Hall–Kier alpha value is -1.22. The summed E-state index contributed by atoms with van der Waals surface area (Å²) in [6.45, 7) is 0.384. The van der Waals surface area contributed by atoms with Crippen molar-refractivity contribution in [3.63, 3.8) is 0 Å². The number of carbonyl (C=O) groups excluding carboxylic acids is 1. The van der Waals surface area contributed by atoms with Gasteiger partial charge >= 0.3 is 0 Å². The molecule has 0 aliphatic carbocycles. The van der Waals surface area contributed by atoms with Gasteiger partial charge in [-0.25, -0.2) is 0 Å². The maximum atomic E-state index is 12.6. The molecule has 0 fully saturated rings. The number of hydrogen-bond donors (Lipinski definition) is 0. The van der Waals surface area contributed by atoms with Gasteiger partial charge in [0.15, 0.2) is 16.2 Å². The second-order valence-electron chi connectivity index (χ2n) is 4.55. The molecule has 0 unspecified atom stereocenters. The first-order chi connectivity index (χ1) is 10.5. The highest BCUT2D eigenvalue weighted by Crippen LogP contribution is 2.32. The van der Waals surface area contributed by atoms with Gasteiger partial charge in [0.05, 0.1) is 26.3 Å². The van der Waals surface area contributed by atoms with E-state index in [1.54, 1.807) is 44.4 Å². The average Bonchev–Trinajstić information content (AvgIpc) is 2.91. The summed E-state index contributed by atoms with van der Waals surface area (Å²) in [6, 6.07) is 7.10. The molecule has 0 bridgehead atoms. The van der Waals surface area contributed by atoms with Crippen molar-refractivity contribution in [2.24, 2.45) is 0 Å². The lowest BCUT2D eigenvalue weighted by Gasteiger charge is -2.18. The predicted octanol–water partition coefficient (Wildman–Crippen LogP) is 3.94. The SMILES string of the molecule is COc1cc(I)c(C(=O)N(C)Cc2ccc(Br)o2)cc1OC. The Balaban J connectivity index is 2.24. The molecular formula is C15H15BrINO4. The smallest absolute Gasteiger partial charge is 0.255 e. The van der Waals surface area contributed by atoms with Gasteiger partial charge in [-0.15, -0.1) is 0 Å². The van der Waals surface area contributed by atoms with Crippen LogP contribution in [0.4, 0.5) is 0 Å². The molecule has 1 amide bonds. The molecule has 0 saturated carbocycles. The molecule has 0 atom stereocenters. The zero-order chi connectivity index (χ0) is 16.3. The fourth-order valence-electron chi connectivity index (χ4n) is 1.97. The number of furan rings is 1. The van der Waals surface area contributed by atoms with Gasteiger partial charge in [0.1, 0.15) is 5.76 Å². The van der Waals surface area contributed by atoms with E-state index in [2.05, 4.69) is 38.5 Å². The van der Waals surface area contributed by atoms with Crippen molar-refractivity contribution in [3.05, 3.63) is 43.8 Å². The van der Waals surface area contributed by atoms with E-state index in [0.29, 0.717) is 34.0 Å². The molecule has 0 saturated heterocycles. The third kappa shape index (κ3) is 3.75. The van der Waals surface area contributed by atoms with Gasteiger partial charge in [0.25, 0.3) is 5.91 Å². The molecule has 1 aromatic heterocycles. The summed E-state index contributed by atoms with van der Waals surface area (Å²) in [6.07, 6.45) is 0. The van der Waals surface area contributed by atoms with E-state index in [9.17, 15) is 4.79 Å². The monoisotopic (exact) mass is 479 g/mol. The van der Waals surface area contributed by atoms with Crippen LogP contribution >= 0.6 is 38.5 Å². The highest BCUT2D eigenvalue weighted by Gasteiger charge is 2.19. The predicted molar refractivity (Wildman–Crippen MR) is 94.5 cm³/mol. The van der Waals surface area contributed by atoms with Gasteiger partial charge in [-0.3, -0.25) is 4.79 Å². The van der Waals surface area contributed by atoms with E-state index >= 15 is 0 Å². The van der Waals surface area contributed by atoms with E-state index < -0.39 is 0 Å². The number of ether oxygens (including phenoxy) is 2. The molecule has 0 aliphatic rings. The second kappa shape index (κ2) is 7.36. The molecule has 22 heavy (non-hydrogen) atoms. The topological polar surface area (TPSA) is 51.9 Å². The van der Waals surface area contributed by atoms with E-state index in [0.717, 1.165) is 3.57 Å². The van der Waals surface area contributed by atoms with Gasteiger partial charge in [-0.05, 0) is 62.8 Å². The van der Waals surface area contributed by atoms with Crippen LogP contribution in [0.2, 0.25) is 0 Å². The lowest BCUT2D eigenvalue weighted by atomic mass is 10.1. The Morgan fingerprint density at radius 1 is 1.27 bits per heavy atom. The molecule has 1 heterocycles. The number of nitrogens with zero attached hydrogens (tertiary/aromatic N) is 1. The van der Waals surface area contributed by atoms with E-state index in [1.807, 2.05) is 6.07 Å². The molecule has 5 nitrogen and oxygen atoms in total. The number of carbonyl (C=O) groups is 1. The normalized spacial score (nSPS) is 10.4. The summed E-state index contributed by atoms with van der Waals surface area (Å²) in [5.41, 5.74) is 0.561. The van der Waals surface area contributed by atoms with E-state index in [4.69, 9.17) is 13.9 Å². The van der Waals surface area contributed by atoms with Gasteiger partial charge in [0, 0.05) is 10.6 Å². The van der Waals surface area contributed by atoms with Crippen molar-refractivity contribution in [2.75, 3.05) is 21.3 Å². The average molecular weight is 480 g/mol. The summed E-state index contributed by atoms with van der Waals surface area (Å²) in [7, 11) is 4.84. The Morgan fingerprint density at radius 3 is 2.45 bits per heavy atom. The lowest BCUT2D eigenvalue weighted by Crippen LogP contribution is -2.26. The minimum absolute atomic E-state index is 0.113. The lowest BCUT2D eigenvalue weighted by molar-refractivity contribution is 0.0773. The summed E-state index contributed by atoms with van der Waals surface area (Å²) >= 11 is 5.36. The molecule has 118 valence electrons. The standard InChI is InChI=1S/C15H15BrINO4/c1-18(8-9-4-5-14(16)22-9)15(19)10-6-12(20-2)13(21-3)7-11(10)17/h4-7H,8H2,1-3H3. The van der Waals surface area contributed by atoms with Crippen molar-refractivity contribution in [1.29, 1.82) is 0 Å². The molecule has 7 heteroatoms. The summed E-state index contributed by atoms with van der Waals surface area (Å²) in [4.78, 5) is 14.2. The molecule has 0 aliphatic heterocycles. The maximum absolute atomic E-state index is 12.6. The van der Waals surface area contributed by atoms with Crippen molar-refractivity contribution in [3.8, 4) is 11.5 Å². The van der Waals surface area contributed by atoms with Crippen LogP contribution in [-0.4, -0.2) is 32.1 Å². The zero-order valence-electron chi connectivity index (χ0n) is 12.4. The van der Waals surface area contributed by atoms with Crippen LogP contribution in [0.15, 0.2) is 33.4 Å². The Labute approximate surface area is 150 Å².